The van der Waals surface area contributed by atoms with Gasteiger partial charge in [0.15, 0.2) is 0 Å². The number of rotatable bonds is 6. The number of aryl methyl sites for hydroxylation is 1. The van der Waals surface area contributed by atoms with E-state index in [0.29, 0.717) is 17.3 Å². The molecular weight excluding hydrogens is 404 g/mol. The first kappa shape index (κ1) is 19.3. The van der Waals surface area contributed by atoms with Gasteiger partial charge in [0.05, 0.1) is 15.7 Å². The van der Waals surface area contributed by atoms with Crippen LogP contribution in [0.1, 0.15) is 11.1 Å². The van der Waals surface area contributed by atoms with E-state index in [0.717, 1.165) is 33.9 Å². The summed E-state index contributed by atoms with van der Waals surface area (Å²) in [5, 5.41) is 10.2. The summed E-state index contributed by atoms with van der Waals surface area (Å²) >= 11 is 9.65. The summed E-state index contributed by atoms with van der Waals surface area (Å²) in [6.07, 6.45) is 1.91. The van der Waals surface area contributed by atoms with Crippen LogP contribution in [0.3, 0.4) is 0 Å². The summed E-state index contributed by atoms with van der Waals surface area (Å²) < 4.78 is 8.62. The Morgan fingerprint density at radius 3 is 2.67 bits per heavy atom. The predicted molar refractivity (Wildman–Crippen MR) is 106 cm³/mol. The minimum atomic E-state index is -1.12. The maximum Gasteiger partial charge on any atom is 0.122 e. The van der Waals surface area contributed by atoms with Crippen molar-refractivity contribution in [1.82, 2.24) is 4.57 Å². The molecule has 3 nitrogen and oxygen atoms in total. The highest BCUT2D eigenvalue weighted by molar-refractivity contribution is 9.10. The van der Waals surface area contributed by atoms with E-state index in [1.54, 1.807) is 0 Å². The lowest BCUT2D eigenvalue weighted by Gasteiger charge is -2.17. The van der Waals surface area contributed by atoms with E-state index in [1.807, 2.05) is 35.9 Å². The van der Waals surface area contributed by atoms with E-state index >= 15 is 0 Å². The van der Waals surface area contributed by atoms with Gasteiger partial charge in [0.2, 0.25) is 0 Å². The molecule has 0 spiro atoms. The highest BCUT2D eigenvalue weighted by atomic mass is 79.9. The van der Waals surface area contributed by atoms with Crippen LogP contribution in [0, 0.1) is 18.3 Å². The van der Waals surface area contributed by atoms with Crippen molar-refractivity contribution in [1.29, 1.82) is 5.26 Å². The number of ether oxygens (including phenoxy) is 1. The molecule has 0 bridgehead atoms. The largest absolute Gasteiger partial charge is 0.361 e. The number of hydrogen-bond donors (Lipinski definition) is 0. The minimum absolute atomic E-state index is 0.423. The second-order valence-electron chi connectivity index (χ2n) is 7.09. The molecule has 0 unspecified atom stereocenters. The van der Waals surface area contributed by atoms with Crippen molar-refractivity contribution in [2.75, 3.05) is 6.61 Å². The number of nitrogens with zero attached hydrogens (tertiary/aromatic N) is 2. The smallest absolute Gasteiger partial charge is 0.122 e. The van der Waals surface area contributed by atoms with Crippen LogP contribution < -0.4 is 0 Å². The molecule has 1 heterocycles. The SMILES string of the molecule is Cc1ccc(Cl)cc1-c1c(C#N)c(Br)cn1COCC[Si](C)(C)C. The van der Waals surface area contributed by atoms with Gasteiger partial charge in [-0.3, -0.25) is 0 Å². The molecule has 0 aliphatic carbocycles. The molecule has 6 heteroatoms. The number of benzene rings is 1. The average Bonchev–Trinajstić information content (AvgIpc) is 2.80. The molecule has 128 valence electrons. The predicted octanol–water partition coefficient (Wildman–Crippen LogP) is 6.06. The molecule has 0 aliphatic rings. The van der Waals surface area contributed by atoms with E-state index < -0.39 is 8.07 Å². The molecule has 1 aromatic heterocycles. The number of aromatic nitrogens is 1. The zero-order valence-corrected chi connectivity index (χ0v) is 17.8. The van der Waals surface area contributed by atoms with Crippen molar-refractivity contribution in [3.05, 3.63) is 45.0 Å². The Morgan fingerprint density at radius 1 is 1.33 bits per heavy atom. The highest BCUT2D eigenvalue weighted by Gasteiger charge is 2.18. The number of nitriles is 1. The van der Waals surface area contributed by atoms with Crippen molar-refractivity contribution >= 4 is 35.6 Å². The zero-order valence-electron chi connectivity index (χ0n) is 14.5. The van der Waals surface area contributed by atoms with Gasteiger partial charge in [0.25, 0.3) is 0 Å². The van der Waals surface area contributed by atoms with Gasteiger partial charge >= 0.3 is 0 Å². The average molecular weight is 426 g/mol. The number of halogens is 2. The summed E-state index contributed by atoms with van der Waals surface area (Å²) in [5.74, 6) is 0. The second-order valence-corrected chi connectivity index (χ2v) is 14.0. The Bertz CT molecular complexity index is 775. The molecule has 0 saturated carbocycles. The summed E-state index contributed by atoms with van der Waals surface area (Å²) in [5.41, 5.74) is 3.48. The van der Waals surface area contributed by atoms with Gasteiger partial charge < -0.3 is 9.30 Å². The van der Waals surface area contributed by atoms with Crippen molar-refractivity contribution in [3.63, 3.8) is 0 Å². The highest BCUT2D eigenvalue weighted by Crippen LogP contribution is 2.34. The Kier molecular flexibility index (Phi) is 6.32. The zero-order chi connectivity index (χ0) is 17.9. The van der Waals surface area contributed by atoms with E-state index in [4.69, 9.17) is 16.3 Å². The summed E-state index contributed by atoms with van der Waals surface area (Å²) in [6, 6.07) is 9.13. The van der Waals surface area contributed by atoms with E-state index in [9.17, 15) is 5.26 Å². The lowest BCUT2D eigenvalue weighted by Crippen LogP contribution is -2.22. The van der Waals surface area contributed by atoms with Gasteiger partial charge in [-0.2, -0.15) is 5.26 Å². The molecule has 0 radical (unpaired) electrons. The standard InChI is InChI=1S/C18H22BrClN2OSi/c1-13-5-6-14(20)9-15(13)18-16(10-21)17(19)11-22(18)12-23-7-8-24(2,3)4/h5-6,9,11H,7-8,12H2,1-4H3. The Labute approximate surface area is 158 Å². The van der Waals surface area contributed by atoms with Gasteiger partial charge in [-0.25, -0.2) is 0 Å². The fraction of sp³-hybridized carbons (Fsp3) is 0.389. The second kappa shape index (κ2) is 7.88. The van der Waals surface area contributed by atoms with E-state index in [1.165, 1.54) is 0 Å². The molecule has 0 saturated heterocycles. The topological polar surface area (TPSA) is 38.0 Å². The lowest BCUT2D eigenvalue weighted by molar-refractivity contribution is 0.0884. The molecular formula is C18H22BrClN2OSi. The van der Waals surface area contributed by atoms with Crippen LogP contribution in [0.15, 0.2) is 28.9 Å². The van der Waals surface area contributed by atoms with Gasteiger partial charge in [0.1, 0.15) is 12.8 Å². The van der Waals surface area contributed by atoms with Crippen LogP contribution in [-0.2, 0) is 11.5 Å². The van der Waals surface area contributed by atoms with Crippen molar-refractivity contribution in [2.45, 2.75) is 39.3 Å². The Morgan fingerprint density at radius 2 is 2.04 bits per heavy atom. The molecule has 0 amide bonds. The molecule has 0 N–H and O–H groups in total. The van der Waals surface area contributed by atoms with Crippen LogP contribution in [0.5, 0.6) is 0 Å². The summed E-state index contributed by atoms with van der Waals surface area (Å²) in [4.78, 5) is 0. The van der Waals surface area contributed by atoms with E-state index in [2.05, 4.69) is 41.6 Å². The van der Waals surface area contributed by atoms with E-state index in [-0.39, 0.29) is 0 Å². The summed E-state index contributed by atoms with van der Waals surface area (Å²) in [6.45, 7) is 10.2. The third kappa shape index (κ3) is 4.73. The Balaban J connectivity index is 2.33. The van der Waals surface area contributed by atoms with Crippen LogP contribution in [0.25, 0.3) is 11.3 Å². The molecule has 0 atom stereocenters. The normalized spacial score (nSPS) is 11.5. The molecule has 2 aromatic rings. The maximum atomic E-state index is 9.55. The monoisotopic (exact) mass is 424 g/mol. The van der Waals surface area contributed by atoms with Crippen LogP contribution in [-0.4, -0.2) is 19.2 Å². The van der Waals surface area contributed by atoms with Gasteiger partial charge in [-0.15, -0.1) is 0 Å². The third-order valence-electron chi connectivity index (χ3n) is 3.83. The van der Waals surface area contributed by atoms with Crippen LogP contribution in [0.2, 0.25) is 30.7 Å². The van der Waals surface area contributed by atoms with Crippen molar-refractivity contribution in [2.24, 2.45) is 0 Å². The number of hydrogen-bond acceptors (Lipinski definition) is 2. The minimum Gasteiger partial charge on any atom is -0.361 e. The maximum absolute atomic E-state index is 9.55. The first-order chi connectivity index (χ1) is 11.2. The molecule has 2 rings (SSSR count). The van der Waals surface area contributed by atoms with Crippen LogP contribution in [0.4, 0.5) is 0 Å². The van der Waals surface area contributed by atoms with Crippen molar-refractivity contribution < 1.29 is 4.74 Å². The Hall–Kier alpha value is -1.06. The molecule has 0 aliphatic heterocycles. The quantitative estimate of drug-likeness (QED) is 0.416. The van der Waals surface area contributed by atoms with Crippen LogP contribution >= 0.6 is 27.5 Å². The van der Waals surface area contributed by atoms with Gasteiger partial charge in [0, 0.05) is 31.5 Å². The van der Waals surface area contributed by atoms with Gasteiger partial charge in [-0.05, 0) is 46.6 Å². The first-order valence-electron chi connectivity index (χ1n) is 7.86. The van der Waals surface area contributed by atoms with Gasteiger partial charge in [-0.1, -0.05) is 37.3 Å². The fourth-order valence-electron chi connectivity index (χ4n) is 2.41. The first-order valence-corrected chi connectivity index (χ1v) is 12.7. The molecule has 0 fully saturated rings. The molecule has 24 heavy (non-hydrogen) atoms. The summed E-state index contributed by atoms with van der Waals surface area (Å²) in [7, 11) is -1.12. The fourth-order valence-corrected chi connectivity index (χ4v) is 3.86. The molecule has 1 aromatic carbocycles. The third-order valence-corrected chi connectivity index (χ3v) is 6.37. The van der Waals surface area contributed by atoms with Crippen molar-refractivity contribution in [3.8, 4) is 17.3 Å². The lowest BCUT2D eigenvalue weighted by atomic mass is 10.0.